The molecule has 1 atom stereocenters. The van der Waals surface area contributed by atoms with E-state index in [0.29, 0.717) is 11.6 Å². The Kier molecular flexibility index (Phi) is 4.81. The van der Waals surface area contributed by atoms with Crippen LogP contribution in [-0.2, 0) is 4.74 Å². The second-order valence-corrected chi connectivity index (χ2v) is 6.79. The average molecular weight is 366 g/mol. The van der Waals surface area contributed by atoms with Crippen molar-refractivity contribution >= 4 is 17.1 Å². The van der Waals surface area contributed by atoms with Crippen molar-refractivity contribution in [1.29, 1.82) is 0 Å². The largest absolute Gasteiger partial charge is 0.381 e. The fourth-order valence-electron chi connectivity index (χ4n) is 3.39. The molecule has 1 amide bonds. The third-order valence-corrected chi connectivity index (χ3v) is 5.18. The predicted octanol–water partition coefficient (Wildman–Crippen LogP) is 2.41. The van der Waals surface area contributed by atoms with E-state index in [1.54, 1.807) is 24.3 Å². The van der Waals surface area contributed by atoms with Gasteiger partial charge in [0.15, 0.2) is 5.65 Å². The summed E-state index contributed by atoms with van der Waals surface area (Å²) in [7, 11) is 1.76. The SMILES string of the molecule is CC(c1ccncn1)N(C)C(=O)c1cnc2c(c1)ncn2C1CCOCC1. The smallest absolute Gasteiger partial charge is 0.255 e. The van der Waals surface area contributed by atoms with Crippen LogP contribution in [0.4, 0.5) is 0 Å². The minimum atomic E-state index is -0.170. The van der Waals surface area contributed by atoms with Crippen LogP contribution in [-0.4, -0.2) is 55.6 Å². The Hall–Kier alpha value is -2.87. The zero-order valence-corrected chi connectivity index (χ0v) is 15.4. The molecular weight excluding hydrogens is 344 g/mol. The van der Waals surface area contributed by atoms with E-state index in [1.807, 2.05) is 25.4 Å². The van der Waals surface area contributed by atoms with Crippen LogP contribution in [0.2, 0.25) is 0 Å². The van der Waals surface area contributed by atoms with E-state index in [0.717, 1.165) is 42.9 Å². The second kappa shape index (κ2) is 7.40. The van der Waals surface area contributed by atoms with E-state index in [1.165, 1.54) is 6.33 Å². The summed E-state index contributed by atoms with van der Waals surface area (Å²) in [6.45, 7) is 3.45. The molecule has 3 aromatic heterocycles. The van der Waals surface area contributed by atoms with Gasteiger partial charge in [0.25, 0.3) is 5.91 Å². The third kappa shape index (κ3) is 3.40. The quantitative estimate of drug-likeness (QED) is 0.705. The van der Waals surface area contributed by atoms with Crippen molar-refractivity contribution in [2.45, 2.75) is 31.8 Å². The lowest BCUT2D eigenvalue weighted by atomic mass is 10.1. The van der Waals surface area contributed by atoms with Crippen LogP contribution in [0.1, 0.15) is 47.9 Å². The standard InChI is InChI=1S/C19H22N6O2/c1-13(16-3-6-20-11-22-16)24(2)19(26)14-9-17-18(21-10-14)25(12-23-17)15-4-7-27-8-5-15/h3,6,9-13,15H,4-5,7-8H2,1-2H3. The molecular formula is C19H22N6O2. The molecule has 4 heterocycles. The van der Waals surface area contributed by atoms with Gasteiger partial charge in [-0.1, -0.05) is 0 Å². The van der Waals surface area contributed by atoms with Gasteiger partial charge >= 0.3 is 0 Å². The molecule has 0 N–H and O–H groups in total. The number of aromatic nitrogens is 5. The normalized spacial score (nSPS) is 16.4. The Morgan fingerprint density at radius 3 is 2.85 bits per heavy atom. The van der Waals surface area contributed by atoms with Crippen molar-refractivity contribution in [2.24, 2.45) is 0 Å². The van der Waals surface area contributed by atoms with Gasteiger partial charge in [-0.3, -0.25) is 4.79 Å². The van der Waals surface area contributed by atoms with Crippen LogP contribution in [0, 0.1) is 0 Å². The molecule has 0 aromatic carbocycles. The Morgan fingerprint density at radius 2 is 2.11 bits per heavy atom. The van der Waals surface area contributed by atoms with Gasteiger partial charge < -0.3 is 14.2 Å². The van der Waals surface area contributed by atoms with Gasteiger partial charge in [-0.25, -0.2) is 19.9 Å². The highest BCUT2D eigenvalue weighted by atomic mass is 16.5. The van der Waals surface area contributed by atoms with Crippen molar-refractivity contribution in [3.05, 3.63) is 48.4 Å². The first-order valence-corrected chi connectivity index (χ1v) is 9.08. The monoisotopic (exact) mass is 366 g/mol. The molecule has 0 spiro atoms. The molecule has 0 radical (unpaired) electrons. The van der Waals surface area contributed by atoms with Crippen LogP contribution in [0.5, 0.6) is 0 Å². The summed E-state index contributed by atoms with van der Waals surface area (Å²) >= 11 is 0. The first-order chi connectivity index (χ1) is 13.1. The maximum Gasteiger partial charge on any atom is 0.255 e. The molecule has 1 fully saturated rings. The molecule has 4 rings (SSSR count). The van der Waals surface area contributed by atoms with Gasteiger partial charge in [-0.05, 0) is 31.9 Å². The maximum atomic E-state index is 12.9. The van der Waals surface area contributed by atoms with Crippen molar-refractivity contribution in [2.75, 3.05) is 20.3 Å². The molecule has 140 valence electrons. The number of nitrogens with zero attached hydrogens (tertiary/aromatic N) is 6. The van der Waals surface area contributed by atoms with Crippen LogP contribution >= 0.6 is 0 Å². The molecule has 0 saturated carbocycles. The lowest BCUT2D eigenvalue weighted by molar-refractivity contribution is 0.0704. The summed E-state index contributed by atoms with van der Waals surface area (Å²) < 4.78 is 7.53. The second-order valence-electron chi connectivity index (χ2n) is 6.79. The van der Waals surface area contributed by atoms with Crippen LogP contribution in [0.3, 0.4) is 0 Å². The summed E-state index contributed by atoms with van der Waals surface area (Å²) in [5.74, 6) is -0.115. The molecule has 8 nitrogen and oxygen atoms in total. The van der Waals surface area contributed by atoms with Gasteiger partial charge in [0.1, 0.15) is 11.8 Å². The predicted molar refractivity (Wildman–Crippen MR) is 99.2 cm³/mol. The van der Waals surface area contributed by atoms with Gasteiger partial charge in [0.05, 0.1) is 23.6 Å². The summed E-state index contributed by atoms with van der Waals surface area (Å²) in [5.41, 5.74) is 2.85. The zero-order chi connectivity index (χ0) is 18.8. The van der Waals surface area contributed by atoms with E-state index >= 15 is 0 Å². The Balaban J connectivity index is 1.57. The minimum Gasteiger partial charge on any atom is -0.381 e. The summed E-state index contributed by atoms with van der Waals surface area (Å²) in [6, 6.07) is 3.80. The molecule has 3 aromatic rings. The van der Waals surface area contributed by atoms with Crippen LogP contribution < -0.4 is 0 Å². The number of rotatable bonds is 4. The minimum absolute atomic E-state index is 0.115. The van der Waals surface area contributed by atoms with Crippen LogP contribution in [0.25, 0.3) is 11.2 Å². The molecule has 1 unspecified atom stereocenters. The fraction of sp³-hybridized carbons (Fsp3) is 0.421. The average Bonchev–Trinajstić information content (AvgIpc) is 3.16. The lowest BCUT2D eigenvalue weighted by Gasteiger charge is -2.24. The zero-order valence-electron chi connectivity index (χ0n) is 15.4. The highest BCUT2D eigenvalue weighted by Crippen LogP contribution is 2.25. The highest BCUT2D eigenvalue weighted by Gasteiger charge is 2.22. The first-order valence-electron chi connectivity index (χ1n) is 9.08. The number of hydrogen-bond donors (Lipinski definition) is 0. The molecule has 0 bridgehead atoms. The van der Waals surface area contributed by atoms with Gasteiger partial charge in [-0.2, -0.15) is 0 Å². The molecule has 8 heteroatoms. The molecule has 1 saturated heterocycles. The number of imidazole rings is 1. The topological polar surface area (TPSA) is 86.0 Å². The number of fused-ring (bicyclic) bond motifs is 1. The molecule has 1 aliphatic rings. The number of ether oxygens (including phenoxy) is 1. The van der Waals surface area contributed by atoms with E-state index in [-0.39, 0.29) is 11.9 Å². The lowest BCUT2D eigenvalue weighted by Crippen LogP contribution is -2.30. The molecule has 0 aliphatic carbocycles. The van der Waals surface area contributed by atoms with E-state index in [4.69, 9.17) is 4.74 Å². The summed E-state index contributed by atoms with van der Waals surface area (Å²) in [5, 5.41) is 0. The fourth-order valence-corrected chi connectivity index (χ4v) is 3.39. The van der Waals surface area contributed by atoms with Crippen molar-refractivity contribution in [1.82, 2.24) is 29.4 Å². The number of pyridine rings is 1. The van der Waals surface area contributed by atoms with Crippen LogP contribution in [0.15, 0.2) is 37.2 Å². The highest BCUT2D eigenvalue weighted by molar-refractivity contribution is 5.96. The molecule has 27 heavy (non-hydrogen) atoms. The van der Waals surface area contributed by atoms with E-state index < -0.39 is 0 Å². The Labute approximate surface area is 157 Å². The third-order valence-electron chi connectivity index (χ3n) is 5.18. The van der Waals surface area contributed by atoms with Crippen molar-refractivity contribution in [3.63, 3.8) is 0 Å². The Bertz CT molecular complexity index is 936. The van der Waals surface area contributed by atoms with E-state index in [9.17, 15) is 4.79 Å². The number of carbonyl (C=O) groups excluding carboxylic acids is 1. The van der Waals surface area contributed by atoms with Crippen molar-refractivity contribution < 1.29 is 9.53 Å². The van der Waals surface area contributed by atoms with Gasteiger partial charge in [0, 0.05) is 38.7 Å². The summed E-state index contributed by atoms with van der Waals surface area (Å²) in [4.78, 5) is 31.7. The Morgan fingerprint density at radius 1 is 1.30 bits per heavy atom. The molecule has 1 aliphatic heterocycles. The first kappa shape index (κ1) is 17.5. The number of carbonyl (C=O) groups is 1. The summed E-state index contributed by atoms with van der Waals surface area (Å²) in [6.07, 6.45) is 8.51. The van der Waals surface area contributed by atoms with E-state index in [2.05, 4.69) is 24.5 Å². The van der Waals surface area contributed by atoms with Gasteiger partial charge in [-0.15, -0.1) is 0 Å². The number of hydrogen-bond acceptors (Lipinski definition) is 6. The van der Waals surface area contributed by atoms with Gasteiger partial charge in [0.2, 0.25) is 0 Å². The maximum absolute atomic E-state index is 12.9. The van der Waals surface area contributed by atoms with Crippen molar-refractivity contribution in [3.8, 4) is 0 Å². The number of amides is 1.